The number of aliphatic hydroxyl groups excluding tert-OH is 4. The summed E-state index contributed by atoms with van der Waals surface area (Å²) in [6.45, 7) is -0.452. The first kappa shape index (κ1) is 31.2. The highest BCUT2D eigenvalue weighted by atomic mass is 32.3. The molecule has 0 aromatic heterocycles. The summed E-state index contributed by atoms with van der Waals surface area (Å²) in [7, 11) is -2.04. The zero-order chi connectivity index (χ0) is 27.0. The minimum absolute atomic E-state index is 0.00219. The van der Waals surface area contributed by atoms with Crippen LogP contribution < -0.4 is 5.32 Å². The fourth-order valence-electron chi connectivity index (χ4n) is 4.50. The van der Waals surface area contributed by atoms with E-state index in [2.05, 4.69) is 9.50 Å². The SMILES string of the molecule is COC[C@@H]1OC(COS(=O)(=O)O)[C@@H](COC[C@@H]2OC(CO)[C@H](O)[C@@H](COC)C2O)[C@@H](O)C1NC(C)=O. The highest BCUT2D eigenvalue weighted by molar-refractivity contribution is 7.80. The van der Waals surface area contributed by atoms with E-state index in [0.29, 0.717) is 0 Å². The molecule has 2 saturated heterocycles. The number of aliphatic hydroxyl groups is 4. The highest BCUT2D eigenvalue weighted by Gasteiger charge is 2.47. The van der Waals surface area contributed by atoms with Crippen molar-refractivity contribution in [1.82, 2.24) is 5.32 Å². The number of nitrogens with one attached hydrogen (secondary N) is 1. The lowest BCUT2D eigenvalue weighted by Crippen LogP contribution is -2.64. The molecule has 212 valence electrons. The van der Waals surface area contributed by atoms with Crippen LogP contribution in [0.15, 0.2) is 0 Å². The summed E-state index contributed by atoms with van der Waals surface area (Å²) in [5.74, 6) is -2.16. The Bertz CT molecular complexity index is 784. The Kier molecular flexibility index (Phi) is 12.3. The van der Waals surface area contributed by atoms with Gasteiger partial charge in [0.15, 0.2) is 0 Å². The quantitative estimate of drug-likeness (QED) is 0.123. The van der Waals surface area contributed by atoms with Gasteiger partial charge in [-0.3, -0.25) is 9.35 Å². The van der Waals surface area contributed by atoms with Crippen molar-refractivity contribution in [2.75, 3.05) is 53.9 Å². The first-order valence-corrected chi connectivity index (χ1v) is 12.7. The van der Waals surface area contributed by atoms with Crippen LogP contribution in [-0.2, 0) is 43.1 Å². The summed E-state index contributed by atoms with van der Waals surface area (Å²) in [6, 6.07) is -0.936. The van der Waals surface area contributed by atoms with Crippen LogP contribution in [0.4, 0.5) is 0 Å². The first-order chi connectivity index (χ1) is 16.9. The van der Waals surface area contributed by atoms with Gasteiger partial charge in [-0.05, 0) is 0 Å². The Labute approximate surface area is 209 Å². The topological polar surface area (TPSA) is 220 Å². The Morgan fingerprint density at radius 3 is 2.00 bits per heavy atom. The maximum atomic E-state index is 11.7. The van der Waals surface area contributed by atoms with Gasteiger partial charge in [-0.15, -0.1) is 0 Å². The molecule has 0 bridgehead atoms. The summed E-state index contributed by atoms with van der Waals surface area (Å²) >= 11 is 0. The summed E-state index contributed by atoms with van der Waals surface area (Å²) in [4.78, 5) is 11.7. The van der Waals surface area contributed by atoms with Gasteiger partial charge in [0.2, 0.25) is 5.91 Å². The zero-order valence-electron chi connectivity index (χ0n) is 20.3. The van der Waals surface area contributed by atoms with Gasteiger partial charge < -0.3 is 49.4 Å². The molecular formula is C20H37NO14S. The largest absolute Gasteiger partial charge is 0.397 e. The summed E-state index contributed by atoms with van der Waals surface area (Å²) in [5.41, 5.74) is 0. The average molecular weight is 548 g/mol. The third-order valence-corrected chi connectivity index (χ3v) is 6.67. The molecule has 2 aliphatic rings. The van der Waals surface area contributed by atoms with E-state index >= 15 is 0 Å². The lowest BCUT2D eigenvalue weighted by atomic mass is 9.85. The average Bonchev–Trinajstić information content (AvgIpc) is 2.80. The minimum atomic E-state index is -4.81. The first-order valence-electron chi connectivity index (χ1n) is 11.3. The van der Waals surface area contributed by atoms with Crippen LogP contribution in [0.5, 0.6) is 0 Å². The molecule has 4 unspecified atom stereocenters. The van der Waals surface area contributed by atoms with Crippen molar-refractivity contribution in [1.29, 1.82) is 0 Å². The molecule has 36 heavy (non-hydrogen) atoms. The van der Waals surface area contributed by atoms with Crippen LogP contribution in [-0.4, -0.2) is 142 Å². The summed E-state index contributed by atoms with van der Waals surface area (Å²) in [6.07, 6.45) is -7.60. The highest BCUT2D eigenvalue weighted by Crippen LogP contribution is 2.30. The van der Waals surface area contributed by atoms with Crippen LogP contribution in [0, 0.1) is 11.8 Å². The second-order valence-corrected chi connectivity index (χ2v) is 9.89. The summed E-state index contributed by atoms with van der Waals surface area (Å²) in [5, 5.41) is 44.0. The molecule has 15 nitrogen and oxygen atoms in total. The molecule has 0 saturated carbocycles. The molecule has 2 heterocycles. The number of hydrogen-bond acceptors (Lipinski definition) is 13. The molecule has 2 rings (SSSR count). The number of carbonyl (C=O) groups is 1. The fourth-order valence-corrected chi connectivity index (χ4v) is 4.80. The van der Waals surface area contributed by atoms with Gasteiger partial charge in [0.05, 0.1) is 70.1 Å². The Morgan fingerprint density at radius 2 is 1.44 bits per heavy atom. The molecule has 0 aromatic rings. The molecule has 0 radical (unpaired) electrons. The fraction of sp³-hybridized carbons (Fsp3) is 0.950. The molecule has 1 amide bonds. The molecule has 2 fully saturated rings. The molecule has 6 N–H and O–H groups in total. The molecule has 0 aliphatic carbocycles. The number of rotatable bonds is 13. The van der Waals surface area contributed by atoms with Gasteiger partial charge in [0.25, 0.3) is 0 Å². The molecule has 2 aliphatic heterocycles. The second kappa shape index (κ2) is 14.2. The normalized spacial score (nSPS) is 37.6. The maximum Gasteiger partial charge on any atom is 0.397 e. The number of ether oxygens (including phenoxy) is 5. The van der Waals surface area contributed by atoms with E-state index in [1.807, 2.05) is 0 Å². The molecule has 16 heteroatoms. The van der Waals surface area contributed by atoms with Crippen molar-refractivity contribution >= 4 is 16.3 Å². The standard InChI is InChI=1S/C20H37NO14S/c1-10(23)21-17-15(7-31-3)35-14(9-33-36(27,28)29)11(20(17)26)6-32-8-16-19(25)12(5-30-2)18(24)13(4-22)34-16/h11-20,22,24-26H,4-9H2,1-3H3,(H,21,23)(H,27,28,29)/t11-,12-,13?,14?,15+,16+,17?,18-,19?,20-/m1/s1. The van der Waals surface area contributed by atoms with Crippen LogP contribution in [0.3, 0.4) is 0 Å². The van der Waals surface area contributed by atoms with E-state index in [4.69, 9.17) is 28.2 Å². The molecule has 0 spiro atoms. The van der Waals surface area contributed by atoms with E-state index in [1.165, 1.54) is 21.1 Å². The molecule has 0 aromatic carbocycles. The Balaban J connectivity index is 2.14. The van der Waals surface area contributed by atoms with E-state index in [1.54, 1.807) is 0 Å². The van der Waals surface area contributed by atoms with Gasteiger partial charge in [-0.2, -0.15) is 8.42 Å². The van der Waals surface area contributed by atoms with Crippen molar-refractivity contribution in [3.05, 3.63) is 0 Å². The van der Waals surface area contributed by atoms with E-state index < -0.39 is 90.1 Å². The second-order valence-electron chi connectivity index (χ2n) is 8.79. The minimum Gasteiger partial charge on any atom is -0.394 e. The van der Waals surface area contributed by atoms with Crippen LogP contribution >= 0.6 is 0 Å². The van der Waals surface area contributed by atoms with Crippen LogP contribution in [0.2, 0.25) is 0 Å². The van der Waals surface area contributed by atoms with Gasteiger partial charge in [-0.25, -0.2) is 4.18 Å². The number of hydrogen-bond donors (Lipinski definition) is 6. The van der Waals surface area contributed by atoms with Crippen molar-refractivity contribution in [3.8, 4) is 0 Å². The lowest BCUT2D eigenvalue weighted by molar-refractivity contribution is -0.233. The molecule has 10 atom stereocenters. The van der Waals surface area contributed by atoms with Gasteiger partial charge in [0, 0.05) is 33.0 Å². The van der Waals surface area contributed by atoms with Crippen LogP contribution in [0.25, 0.3) is 0 Å². The predicted octanol–water partition coefficient (Wildman–Crippen LogP) is -3.54. The van der Waals surface area contributed by atoms with Gasteiger partial charge in [-0.1, -0.05) is 0 Å². The van der Waals surface area contributed by atoms with Gasteiger partial charge in [0.1, 0.15) is 18.3 Å². The van der Waals surface area contributed by atoms with Crippen molar-refractivity contribution < 1.29 is 66.1 Å². The monoisotopic (exact) mass is 547 g/mol. The van der Waals surface area contributed by atoms with E-state index in [0.717, 1.165) is 0 Å². The third-order valence-electron chi connectivity index (χ3n) is 6.24. The predicted molar refractivity (Wildman–Crippen MR) is 119 cm³/mol. The van der Waals surface area contributed by atoms with E-state index in [9.17, 15) is 33.6 Å². The smallest absolute Gasteiger partial charge is 0.394 e. The lowest BCUT2D eigenvalue weighted by Gasteiger charge is -2.45. The van der Waals surface area contributed by atoms with Crippen molar-refractivity contribution in [2.24, 2.45) is 11.8 Å². The van der Waals surface area contributed by atoms with Crippen molar-refractivity contribution in [2.45, 2.75) is 55.7 Å². The third kappa shape index (κ3) is 8.50. The van der Waals surface area contributed by atoms with Crippen LogP contribution in [0.1, 0.15) is 6.92 Å². The Hall–Kier alpha value is -1.02. The zero-order valence-corrected chi connectivity index (χ0v) is 21.2. The maximum absolute atomic E-state index is 11.7. The van der Waals surface area contributed by atoms with Gasteiger partial charge >= 0.3 is 10.4 Å². The summed E-state index contributed by atoms with van der Waals surface area (Å²) < 4.78 is 62.9. The number of carbonyl (C=O) groups excluding carboxylic acids is 1. The number of methoxy groups -OCH3 is 2. The van der Waals surface area contributed by atoms with Crippen molar-refractivity contribution in [3.63, 3.8) is 0 Å². The molecular weight excluding hydrogens is 510 g/mol. The Morgan fingerprint density at radius 1 is 0.833 bits per heavy atom. The van der Waals surface area contributed by atoms with E-state index in [-0.39, 0.29) is 26.4 Å². The number of amides is 1.